The molecular weight excluding hydrogens is 368 g/mol. The molecule has 2 aliphatic rings. The van der Waals surface area contributed by atoms with Gasteiger partial charge in [0.1, 0.15) is 5.92 Å². The zero-order chi connectivity index (χ0) is 20.9. The van der Waals surface area contributed by atoms with Gasteiger partial charge in [-0.15, -0.1) is 0 Å². The van der Waals surface area contributed by atoms with Crippen LogP contribution < -0.4 is 10.6 Å². The van der Waals surface area contributed by atoms with Gasteiger partial charge in [0, 0.05) is 5.92 Å². The minimum absolute atomic E-state index is 0.0235. The molecule has 2 atom stereocenters. The lowest BCUT2D eigenvalue weighted by Crippen LogP contribution is -2.54. The minimum atomic E-state index is -1.02. The van der Waals surface area contributed by atoms with Gasteiger partial charge in [0.15, 0.2) is 0 Å². The second kappa shape index (κ2) is 9.07. The van der Waals surface area contributed by atoms with Crippen LogP contribution in [0, 0.1) is 11.8 Å². The van der Waals surface area contributed by atoms with Crippen LogP contribution in [0.2, 0.25) is 0 Å². The Balaban J connectivity index is 1.80. The fraction of sp³-hybridized carbons (Fsp3) is 0.435. The SMILES string of the molecule is CCC1(NC(=O)c2ccccc2NC(=O)C2CCCCC2)C=CC=CC1C(=O)O. The molecule has 0 aromatic heterocycles. The van der Waals surface area contributed by atoms with Gasteiger partial charge in [-0.3, -0.25) is 14.4 Å². The number of carboxylic acids is 1. The Hall–Kier alpha value is -2.89. The van der Waals surface area contributed by atoms with Crippen molar-refractivity contribution < 1.29 is 19.5 Å². The predicted molar refractivity (Wildman–Crippen MR) is 112 cm³/mol. The Kier molecular flexibility index (Phi) is 6.52. The van der Waals surface area contributed by atoms with Crippen molar-refractivity contribution in [3.05, 3.63) is 54.1 Å². The third kappa shape index (κ3) is 4.58. The number of anilines is 1. The van der Waals surface area contributed by atoms with Crippen molar-refractivity contribution in [1.82, 2.24) is 5.32 Å². The molecular formula is C23H28N2O4. The lowest BCUT2D eigenvalue weighted by molar-refractivity contribution is -0.142. The van der Waals surface area contributed by atoms with Crippen LogP contribution in [-0.2, 0) is 9.59 Å². The molecule has 1 aromatic rings. The average molecular weight is 396 g/mol. The second-order valence-electron chi connectivity index (χ2n) is 7.78. The van der Waals surface area contributed by atoms with E-state index in [1.54, 1.807) is 48.6 Å². The number of rotatable bonds is 6. The number of carboxylic acid groups (broad SMARTS) is 1. The first-order valence-electron chi connectivity index (χ1n) is 10.3. The number of aliphatic carboxylic acids is 1. The monoisotopic (exact) mass is 396 g/mol. The van der Waals surface area contributed by atoms with Gasteiger partial charge in [0.2, 0.25) is 5.91 Å². The molecule has 1 saturated carbocycles. The van der Waals surface area contributed by atoms with E-state index in [1.165, 1.54) is 0 Å². The van der Waals surface area contributed by atoms with Crippen LogP contribution in [0.25, 0.3) is 0 Å². The summed E-state index contributed by atoms with van der Waals surface area (Å²) in [6.07, 6.45) is 12.2. The van der Waals surface area contributed by atoms with E-state index >= 15 is 0 Å². The molecule has 2 unspecified atom stereocenters. The fourth-order valence-electron chi connectivity index (χ4n) is 4.19. The zero-order valence-electron chi connectivity index (χ0n) is 16.7. The van der Waals surface area contributed by atoms with E-state index in [2.05, 4.69) is 10.6 Å². The van der Waals surface area contributed by atoms with E-state index in [9.17, 15) is 19.5 Å². The molecule has 3 rings (SSSR count). The summed E-state index contributed by atoms with van der Waals surface area (Å²) in [6.45, 7) is 1.84. The number of hydrogen-bond acceptors (Lipinski definition) is 3. The first kappa shape index (κ1) is 20.8. The summed E-state index contributed by atoms with van der Waals surface area (Å²) in [5.74, 6) is -2.33. The largest absolute Gasteiger partial charge is 0.481 e. The van der Waals surface area contributed by atoms with Crippen LogP contribution in [0.5, 0.6) is 0 Å². The lowest BCUT2D eigenvalue weighted by atomic mass is 9.78. The van der Waals surface area contributed by atoms with Crippen LogP contribution in [0.3, 0.4) is 0 Å². The Morgan fingerprint density at radius 2 is 1.83 bits per heavy atom. The standard InChI is InChI=1S/C23H28N2O4/c1-2-23(15-9-8-13-18(23)22(28)29)25-21(27)17-12-6-7-14-19(17)24-20(26)16-10-4-3-5-11-16/h6-9,12-16,18H,2-5,10-11H2,1H3,(H,24,26)(H,25,27)(H,28,29). The van der Waals surface area contributed by atoms with Crippen molar-refractivity contribution in [2.75, 3.05) is 5.32 Å². The summed E-state index contributed by atoms with van der Waals surface area (Å²) in [7, 11) is 0. The quantitative estimate of drug-likeness (QED) is 0.679. The molecule has 1 fully saturated rings. The number of amides is 2. The summed E-state index contributed by atoms with van der Waals surface area (Å²) >= 11 is 0. The molecule has 2 amide bonds. The summed E-state index contributed by atoms with van der Waals surface area (Å²) < 4.78 is 0. The van der Waals surface area contributed by atoms with Crippen LogP contribution in [0.1, 0.15) is 55.8 Å². The van der Waals surface area contributed by atoms with Gasteiger partial charge in [-0.2, -0.15) is 0 Å². The maximum absolute atomic E-state index is 13.1. The van der Waals surface area contributed by atoms with Crippen molar-refractivity contribution in [1.29, 1.82) is 0 Å². The molecule has 154 valence electrons. The van der Waals surface area contributed by atoms with Gasteiger partial charge >= 0.3 is 5.97 Å². The number of carbonyl (C=O) groups is 3. The summed E-state index contributed by atoms with van der Waals surface area (Å²) in [5, 5.41) is 15.4. The van der Waals surface area contributed by atoms with E-state index < -0.39 is 23.3 Å². The molecule has 0 radical (unpaired) electrons. The Labute approximate surface area is 171 Å². The molecule has 0 heterocycles. The number of nitrogens with one attached hydrogen (secondary N) is 2. The minimum Gasteiger partial charge on any atom is -0.481 e. The highest BCUT2D eigenvalue weighted by molar-refractivity contribution is 6.04. The van der Waals surface area contributed by atoms with E-state index in [0.717, 1.165) is 32.1 Å². The van der Waals surface area contributed by atoms with Crippen molar-refractivity contribution in [3.63, 3.8) is 0 Å². The molecule has 1 aromatic carbocycles. The number of hydrogen-bond donors (Lipinski definition) is 3. The van der Waals surface area contributed by atoms with E-state index in [0.29, 0.717) is 17.7 Å². The Bertz CT molecular complexity index is 839. The number of benzene rings is 1. The van der Waals surface area contributed by atoms with E-state index in [1.807, 2.05) is 6.92 Å². The van der Waals surface area contributed by atoms with Crippen molar-refractivity contribution in [3.8, 4) is 0 Å². The van der Waals surface area contributed by atoms with Gasteiger partial charge < -0.3 is 15.7 Å². The summed E-state index contributed by atoms with van der Waals surface area (Å²) in [4.78, 5) is 37.5. The van der Waals surface area contributed by atoms with Crippen molar-refractivity contribution in [2.45, 2.75) is 51.0 Å². The molecule has 3 N–H and O–H groups in total. The number of para-hydroxylation sites is 1. The third-order valence-electron chi connectivity index (χ3n) is 5.97. The first-order valence-corrected chi connectivity index (χ1v) is 10.3. The van der Waals surface area contributed by atoms with Gasteiger partial charge in [-0.05, 0) is 31.4 Å². The van der Waals surface area contributed by atoms with E-state index in [-0.39, 0.29) is 11.8 Å². The van der Waals surface area contributed by atoms with Gasteiger partial charge in [-0.1, -0.05) is 62.6 Å². The normalized spacial score (nSPS) is 24.1. The van der Waals surface area contributed by atoms with Gasteiger partial charge in [0.25, 0.3) is 5.91 Å². The topological polar surface area (TPSA) is 95.5 Å². The highest BCUT2D eigenvalue weighted by Gasteiger charge is 2.41. The number of allylic oxidation sites excluding steroid dienone is 2. The van der Waals surface area contributed by atoms with Crippen LogP contribution in [0.4, 0.5) is 5.69 Å². The van der Waals surface area contributed by atoms with Crippen LogP contribution in [0.15, 0.2) is 48.6 Å². The molecule has 6 heteroatoms. The molecule has 29 heavy (non-hydrogen) atoms. The van der Waals surface area contributed by atoms with Crippen molar-refractivity contribution in [2.24, 2.45) is 11.8 Å². The predicted octanol–water partition coefficient (Wildman–Crippen LogP) is 3.91. The second-order valence-corrected chi connectivity index (χ2v) is 7.78. The third-order valence-corrected chi connectivity index (χ3v) is 5.97. The fourth-order valence-corrected chi connectivity index (χ4v) is 4.19. The first-order chi connectivity index (χ1) is 14.0. The maximum Gasteiger partial charge on any atom is 0.313 e. The molecule has 0 bridgehead atoms. The zero-order valence-corrected chi connectivity index (χ0v) is 16.7. The molecule has 0 saturated heterocycles. The van der Waals surface area contributed by atoms with E-state index in [4.69, 9.17) is 0 Å². The van der Waals surface area contributed by atoms with Gasteiger partial charge in [-0.25, -0.2) is 0 Å². The Morgan fingerprint density at radius 3 is 2.52 bits per heavy atom. The van der Waals surface area contributed by atoms with Gasteiger partial charge in [0.05, 0.1) is 16.8 Å². The maximum atomic E-state index is 13.1. The molecule has 2 aliphatic carbocycles. The molecule has 6 nitrogen and oxygen atoms in total. The van der Waals surface area contributed by atoms with Crippen molar-refractivity contribution >= 4 is 23.5 Å². The molecule has 0 aliphatic heterocycles. The number of carbonyl (C=O) groups excluding carboxylic acids is 2. The highest BCUT2D eigenvalue weighted by Crippen LogP contribution is 2.30. The highest BCUT2D eigenvalue weighted by atomic mass is 16.4. The van der Waals surface area contributed by atoms with Crippen LogP contribution >= 0.6 is 0 Å². The summed E-state index contributed by atoms with van der Waals surface area (Å²) in [5.41, 5.74) is -0.233. The summed E-state index contributed by atoms with van der Waals surface area (Å²) in [6, 6.07) is 6.86. The average Bonchev–Trinajstić information content (AvgIpc) is 2.74. The lowest BCUT2D eigenvalue weighted by Gasteiger charge is -2.36. The smallest absolute Gasteiger partial charge is 0.313 e. The van der Waals surface area contributed by atoms with Crippen LogP contribution in [-0.4, -0.2) is 28.4 Å². The molecule has 0 spiro atoms. The Morgan fingerprint density at radius 1 is 1.10 bits per heavy atom.